The summed E-state index contributed by atoms with van der Waals surface area (Å²) in [7, 11) is -4.35. The van der Waals surface area contributed by atoms with E-state index >= 15 is 0 Å². The van der Waals surface area contributed by atoms with Crippen LogP contribution in [0.25, 0.3) is 0 Å². The van der Waals surface area contributed by atoms with Crippen LogP contribution in [0.4, 0.5) is 4.39 Å². The van der Waals surface area contributed by atoms with E-state index in [2.05, 4.69) is 4.37 Å². The summed E-state index contributed by atoms with van der Waals surface area (Å²) < 4.78 is 43.3. The molecule has 0 saturated carbocycles. The highest BCUT2D eigenvalue weighted by atomic mass is 32.2. The van der Waals surface area contributed by atoms with E-state index in [4.69, 9.17) is 5.26 Å². The number of aryl methyl sites for hydroxylation is 1. The summed E-state index contributed by atoms with van der Waals surface area (Å²) in [5.41, 5.74) is -0.149. The monoisotopic (exact) mass is 325 g/mol. The minimum absolute atomic E-state index is 0.110. The molecule has 6 nitrogen and oxygen atoms in total. The number of nitriles is 1. The number of sulfonamides is 1. The number of aromatic nitrogens is 1. The van der Waals surface area contributed by atoms with Crippen LogP contribution in [0.5, 0.6) is 0 Å². The van der Waals surface area contributed by atoms with Gasteiger partial charge in [-0.3, -0.25) is 4.79 Å². The van der Waals surface area contributed by atoms with Crippen molar-refractivity contribution in [3.05, 3.63) is 46.2 Å². The number of benzene rings is 1. The molecular formula is C12H8FN3O3S2. The highest BCUT2D eigenvalue weighted by Crippen LogP contribution is 2.18. The highest BCUT2D eigenvalue weighted by molar-refractivity contribution is 7.90. The van der Waals surface area contributed by atoms with E-state index in [1.165, 1.54) is 11.4 Å². The van der Waals surface area contributed by atoms with E-state index in [1.807, 2.05) is 0 Å². The van der Waals surface area contributed by atoms with Crippen molar-refractivity contribution in [3.8, 4) is 6.07 Å². The van der Waals surface area contributed by atoms with Gasteiger partial charge in [0.25, 0.3) is 15.9 Å². The van der Waals surface area contributed by atoms with E-state index in [-0.39, 0.29) is 5.56 Å². The molecule has 0 bridgehead atoms. The average Bonchev–Trinajstić information content (AvgIpc) is 2.84. The molecule has 1 N–H and O–H groups in total. The van der Waals surface area contributed by atoms with Crippen LogP contribution in [0.1, 0.15) is 21.6 Å². The number of carbonyl (C=O) groups is 1. The summed E-state index contributed by atoms with van der Waals surface area (Å²) in [6.07, 6.45) is 0. The van der Waals surface area contributed by atoms with Crippen molar-refractivity contribution in [1.29, 1.82) is 5.26 Å². The van der Waals surface area contributed by atoms with Crippen LogP contribution < -0.4 is 4.72 Å². The Bertz CT molecular complexity index is 853. The number of nitrogens with zero attached hydrogens (tertiary/aromatic N) is 2. The first kappa shape index (κ1) is 15.1. The SMILES string of the molecule is Cc1nscc1C(=O)NS(=O)(=O)c1cccc(F)c1C#N. The molecule has 1 amide bonds. The summed E-state index contributed by atoms with van der Waals surface area (Å²) in [6, 6.07) is 4.64. The Morgan fingerprint density at radius 3 is 2.76 bits per heavy atom. The second-order valence-corrected chi connectivity index (χ2v) is 6.25. The van der Waals surface area contributed by atoms with Gasteiger partial charge < -0.3 is 0 Å². The van der Waals surface area contributed by atoms with Gasteiger partial charge in [0.1, 0.15) is 22.3 Å². The van der Waals surface area contributed by atoms with E-state index in [0.29, 0.717) is 5.69 Å². The Balaban J connectivity index is 2.41. The molecule has 0 spiro atoms. The van der Waals surface area contributed by atoms with E-state index in [1.54, 1.807) is 11.6 Å². The van der Waals surface area contributed by atoms with Crippen molar-refractivity contribution in [1.82, 2.24) is 9.10 Å². The topological polar surface area (TPSA) is 99.9 Å². The number of halogens is 1. The number of hydrogen-bond acceptors (Lipinski definition) is 6. The van der Waals surface area contributed by atoms with Crippen molar-refractivity contribution in [2.75, 3.05) is 0 Å². The summed E-state index contributed by atoms with van der Waals surface area (Å²) in [6.45, 7) is 1.56. The molecule has 2 aromatic rings. The third-order valence-corrected chi connectivity index (χ3v) is 4.69. The zero-order chi connectivity index (χ0) is 15.6. The summed E-state index contributed by atoms with van der Waals surface area (Å²) in [4.78, 5) is 11.3. The van der Waals surface area contributed by atoms with E-state index < -0.39 is 32.2 Å². The van der Waals surface area contributed by atoms with Gasteiger partial charge in [-0.15, -0.1) is 0 Å². The molecule has 108 valence electrons. The van der Waals surface area contributed by atoms with Gasteiger partial charge in [0.2, 0.25) is 0 Å². The molecule has 0 aliphatic carbocycles. The lowest BCUT2D eigenvalue weighted by Crippen LogP contribution is -2.31. The predicted molar refractivity (Wildman–Crippen MR) is 72.6 cm³/mol. The Kier molecular flexibility index (Phi) is 4.02. The van der Waals surface area contributed by atoms with Crippen LogP contribution in [0.15, 0.2) is 28.5 Å². The number of hydrogen-bond donors (Lipinski definition) is 1. The zero-order valence-electron chi connectivity index (χ0n) is 10.6. The fraction of sp³-hybridized carbons (Fsp3) is 0.0833. The second-order valence-electron chi connectivity index (χ2n) is 3.97. The highest BCUT2D eigenvalue weighted by Gasteiger charge is 2.25. The maximum atomic E-state index is 13.4. The fourth-order valence-electron chi connectivity index (χ4n) is 1.58. The normalized spacial score (nSPS) is 10.9. The van der Waals surface area contributed by atoms with Gasteiger partial charge in [-0.1, -0.05) is 6.07 Å². The first-order valence-electron chi connectivity index (χ1n) is 5.53. The summed E-state index contributed by atoms with van der Waals surface area (Å²) in [5, 5.41) is 10.2. The molecule has 0 atom stereocenters. The lowest BCUT2D eigenvalue weighted by Gasteiger charge is -2.08. The van der Waals surface area contributed by atoms with Crippen molar-refractivity contribution in [2.24, 2.45) is 0 Å². The lowest BCUT2D eigenvalue weighted by atomic mass is 10.2. The van der Waals surface area contributed by atoms with E-state index in [9.17, 15) is 17.6 Å². The Morgan fingerprint density at radius 2 is 2.19 bits per heavy atom. The largest absolute Gasteiger partial charge is 0.268 e. The van der Waals surface area contributed by atoms with Crippen LogP contribution in [0, 0.1) is 24.1 Å². The second kappa shape index (κ2) is 5.59. The standard InChI is InChI=1S/C12H8FN3O3S2/c1-7-9(6-20-15-7)12(17)16-21(18,19)11-4-2-3-10(13)8(11)5-14/h2-4,6H,1H3,(H,16,17). The van der Waals surface area contributed by atoms with Crippen molar-refractivity contribution < 1.29 is 17.6 Å². The molecule has 0 aliphatic heterocycles. The quantitative estimate of drug-likeness (QED) is 0.923. The molecule has 2 rings (SSSR count). The van der Waals surface area contributed by atoms with Crippen LogP contribution in [0.2, 0.25) is 0 Å². The number of rotatable bonds is 3. The molecule has 0 radical (unpaired) electrons. The van der Waals surface area contributed by atoms with Gasteiger partial charge in [-0.2, -0.15) is 9.64 Å². The van der Waals surface area contributed by atoms with Crippen LogP contribution >= 0.6 is 11.5 Å². The molecular weight excluding hydrogens is 317 g/mol. The Hall–Kier alpha value is -2.31. The maximum absolute atomic E-state index is 13.4. The Morgan fingerprint density at radius 1 is 1.48 bits per heavy atom. The van der Waals surface area contributed by atoms with Gasteiger partial charge in [0.15, 0.2) is 0 Å². The summed E-state index contributed by atoms with van der Waals surface area (Å²) >= 11 is 1.01. The van der Waals surface area contributed by atoms with Gasteiger partial charge in [-0.05, 0) is 30.6 Å². The predicted octanol–water partition coefficient (Wildman–Crippen LogP) is 1.58. The number of amides is 1. The Labute approximate surface area is 124 Å². The molecule has 1 aromatic carbocycles. The maximum Gasteiger partial charge on any atom is 0.267 e. The molecule has 0 saturated heterocycles. The van der Waals surface area contributed by atoms with Crippen LogP contribution in [-0.2, 0) is 10.0 Å². The summed E-state index contributed by atoms with van der Waals surface area (Å²) in [5.74, 6) is -1.85. The zero-order valence-corrected chi connectivity index (χ0v) is 12.3. The molecule has 1 aromatic heterocycles. The smallest absolute Gasteiger partial charge is 0.267 e. The molecule has 1 heterocycles. The van der Waals surface area contributed by atoms with Crippen LogP contribution in [0.3, 0.4) is 0 Å². The minimum atomic E-state index is -4.35. The van der Waals surface area contributed by atoms with Gasteiger partial charge >= 0.3 is 0 Å². The third-order valence-electron chi connectivity index (χ3n) is 2.60. The average molecular weight is 325 g/mol. The molecule has 0 aliphatic rings. The minimum Gasteiger partial charge on any atom is -0.268 e. The molecule has 0 fully saturated rings. The van der Waals surface area contributed by atoms with Crippen molar-refractivity contribution >= 4 is 27.5 Å². The lowest BCUT2D eigenvalue weighted by molar-refractivity contribution is 0.0981. The molecule has 9 heteroatoms. The van der Waals surface area contributed by atoms with Gasteiger partial charge in [0, 0.05) is 5.38 Å². The first-order valence-corrected chi connectivity index (χ1v) is 7.85. The molecule has 21 heavy (non-hydrogen) atoms. The first-order chi connectivity index (χ1) is 9.86. The van der Waals surface area contributed by atoms with Crippen molar-refractivity contribution in [2.45, 2.75) is 11.8 Å². The fourth-order valence-corrected chi connectivity index (χ4v) is 3.40. The van der Waals surface area contributed by atoms with E-state index in [0.717, 1.165) is 29.7 Å². The number of nitrogens with one attached hydrogen (secondary N) is 1. The van der Waals surface area contributed by atoms with Gasteiger partial charge in [0.05, 0.1) is 11.3 Å². The number of carbonyl (C=O) groups excluding carboxylic acids is 1. The van der Waals surface area contributed by atoms with Gasteiger partial charge in [-0.25, -0.2) is 17.5 Å². The molecule has 0 unspecified atom stereocenters. The van der Waals surface area contributed by atoms with Crippen LogP contribution in [-0.4, -0.2) is 18.7 Å². The van der Waals surface area contributed by atoms with Crippen molar-refractivity contribution in [3.63, 3.8) is 0 Å². The third kappa shape index (κ3) is 2.91.